The van der Waals surface area contributed by atoms with E-state index >= 15 is 0 Å². The van der Waals surface area contributed by atoms with Gasteiger partial charge in [0.25, 0.3) is 0 Å². The summed E-state index contributed by atoms with van der Waals surface area (Å²) in [6, 6.07) is 4.92. The standard InChI is InChI=1S/C15H22N4/c1-11-8-15(14(9-16)12(2)17-11)19-7-5-6-13(10-19)18(3)4/h8,13H,5-7,10H2,1-4H3. The summed E-state index contributed by atoms with van der Waals surface area (Å²) in [5.41, 5.74) is 3.60. The van der Waals surface area contributed by atoms with E-state index in [0.717, 1.165) is 35.7 Å². The van der Waals surface area contributed by atoms with Crippen molar-refractivity contribution in [1.29, 1.82) is 5.26 Å². The van der Waals surface area contributed by atoms with E-state index in [2.05, 4.69) is 34.9 Å². The third kappa shape index (κ3) is 2.87. The lowest BCUT2D eigenvalue weighted by molar-refractivity contribution is 0.258. The second-order valence-corrected chi connectivity index (χ2v) is 5.56. The molecule has 0 aliphatic carbocycles. The first-order chi connectivity index (χ1) is 9.02. The summed E-state index contributed by atoms with van der Waals surface area (Å²) in [6.45, 7) is 5.93. The normalized spacial score (nSPS) is 19.6. The van der Waals surface area contributed by atoms with Gasteiger partial charge in [-0.05, 0) is 46.9 Å². The van der Waals surface area contributed by atoms with Crippen LogP contribution < -0.4 is 4.90 Å². The van der Waals surface area contributed by atoms with Crippen LogP contribution in [0.1, 0.15) is 29.8 Å². The Hall–Kier alpha value is -1.60. The molecule has 0 N–H and O–H groups in total. The summed E-state index contributed by atoms with van der Waals surface area (Å²) >= 11 is 0. The summed E-state index contributed by atoms with van der Waals surface area (Å²) in [5, 5.41) is 9.37. The van der Waals surface area contributed by atoms with Gasteiger partial charge < -0.3 is 9.80 Å². The van der Waals surface area contributed by atoms with E-state index in [0.29, 0.717) is 6.04 Å². The Bertz CT molecular complexity index is 502. The summed E-state index contributed by atoms with van der Waals surface area (Å²) in [6.07, 6.45) is 2.41. The van der Waals surface area contributed by atoms with Gasteiger partial charge in [-0.15, -0.1) is 0 Å². The highest BCUT2D eigenvalue weighted by Crippen LogP contribution is 2.27. The molecule has 0 aromatic carbocycles. The van der Waals surface area contributed by atoms with Crippen LogP contribution in [0.4, 0.5) is 5.69 Å². The first kappa shape index (κ1) is 13.8. The summed E-state index contributed by atoms with van der Waals surface area (Å²) in [4.78, 5) is 9.01. The van der Waals surface area contributed by atoms with E-state index in [-0.39, 0.29) is 0 Å². The van der Waals surface area contributed by atoms with Gasteiger partial charge in [-0.1, -0.05) is 0 Å². The Balaban J connectivity index is 2.33. The summed E-state index contributed by atoms with van der Waals surface area (Å²) < 4.78 is 0. The number of anilines is 1. The predicted octanol–water partition coefficient (Wildman–Crippen LogP) is 2.10. The maximum Gasteiger partial charge on any atom is 0.103 e. The van der Waals surface area contributed by atoms with Crippen LogP contribution >= 0.6 is 0 Å². The van der Waals surface area contributed by atoms with E-state index in [9.17, 15) is 5.26 Å². The largest absolute Gasteiger partial charge is 0.369 e. The second kappa shape index (κ2) is 5.58. The number of aryl methyl sites for hydroxylation is 2. The van der Waals surface area contributed by atoms with Gasteiger partial charge in [-0.25, -0.2) is 0 Å². The average Bonchev–Trinajstić information content (AvgIpc) is 2.38. The Kier molecular flexibility index (Phi) is 4.06. The molecule has 1 unspecified atom stereocenters. The topological polar surface area (TPSA) is 43.2 Å². The third-order valence-electron chi connectivity index (χ3n) is 3.89. The number of aromatic nitrogens is 1. The zero-order valence-corrected chi connectivity index (χ0v) is 12.3. The van der Waals surface area contributed by atoms with Crippen molar-refractivity contribution in [3.8, 4) is 6.07 Å². The molecule has 1 aliphatic heterocycles. The van der Waals surface area contributed by atoms with Crippen LogP contribution in [0.25, 0.3) is 0 Å². The average molecular weight is 258 g/mol. The number of nitrogens with zero attached hydrogens (tertiary/aromatic N) is 4. The minimum atomic E-state index is 0.564. The van der Waals surface area contributed by atoms with Crippen LogP contribution in [0.5, 0.6) is 0 Å². The van der Waals surface area contributed by atoms with Gasteiger partial charge in [0, 0.05) is 24.8 Å². The lowest BCUT2D eigenvalue weighted by Crippen LogP contribution is -2.45. The molecule has 2 rings (SSSR count). The van der Waals surface area contributed by atoms with Crippen molar-refractivity contribution in [1.82, 2.24) is 9.88 Å². The highest BCUT2D eigenvalue weighted by Gasteiger charge is 2.24. The highest BCUT2D eigenvalue weighted by atomic mass is 15.2. The fraction of sp³-hybridized carbons (Fsp3) is 0.600. The molecule has 0 amide bonds. The Morgan fingerprint density at radius 2 is 2.16 bits per heavy atom. The van der Waals surface area contributed by atoms with Crippen molar-refractivity contribution in [2.45, 2.75) is 32.7 Å². The molecule has 1 saturated heterocycles. The van der Waals surface area contributed by atoms with Crippen molar-refractivity contribution < 1.29 is 0 Å². The van der Waals surface area contributed by atoms with Crippen LogP contribution in [-0.2, 0) is 0 Å². The fourth-order valence-corrected chi connectivity index (χ4v) is 2.79. The third-order valence-corrected chi connectivity index (χ3v) is 3.89. The zero-order chi connectivity index (χ0) is 14.0. The molecule has 4 heteroatoms. The predicted molar refractivity (Wildman–Crippen MR) is 77.3 cm³/mol. The van der Waals surface area contributed by atoms with Crippen LogP contribution in [0.2, 0.25) is 0 Å². The number of pyridine rings is 1. The van der Waals surface area contributed by atoms with Crippen LogP contribution in [0.15, 0.2) is 6.07 Å². The molecule has 0 saturated carbocycles. The maximum absolute atomic E-state index is 9.37. The molecular formula is C15H22N4. The van der Waals surface area contributed by atoms with Crippen molar-refractivity contribution in [2.24, 2.45) is 0 Å². The minimum absolute atomic E-state index is 0.564. The Morgan fingerprint density at radius 3 is 2.79 bits per heavy atom. The lowest BCUT2D eigenvalue weighted by atomic mass is 10.0. The molecule has 0 bridgehead atoms. The minimum Gasteiger partial charge on any atom is -0.369 e. The van der Waals surface area contributed by atoms with Gasteiger partial charge in [0.1, 0.15) is 6.07 Å². The number of nitriles is 1. The molecule has 0 radical (unpaired) electrons. The van der Waals surface area contributed by atoms with Crippen molar-refractivity contribution in [3.05, 3.63) is 23.0 Å². The number of hydrogen-bond acceptors (Lipinski definition) is 4. The van der Waals surface area contributed by atoms with Crippen molar-refractivity contribution >= 4 is 5.69 Å². The van der Waals surface area contributed by atoms with E-state index in [1.807, 2.05) is 19.9 Å². The van der Waals surface area contributed by atoms with Gasteiger partial charge in [0.15, 0.2) is 0 Å². The SMILES string of the molecule is Cc1cc(N2CCCC(N(C)C)C2)c(C#N)c(C)n1. The van der Waals surface area contributed by atoms with E-state index in [1.165, 1.54) is 12.8 Å². The second-order valence-electron chi connectivity index (χ2n) is 5.56. The quantitative estimate of drug-likeness (QED) is 0.815. The van der Waals surface area contributed by atoms with Gasteiger partial charge in [0.05, 0.1) is 16.9 Å². The van der Waals surface area contributed by atoms with Crippen LogP contribution in [0, 0.1) is 25.2 Å². The van der Waals surface area contributed by atoms with Gasteiger partial charge in [0.2, 0.25) is 0 Å². The number of rotatable bonds is 2. The smallest absolute Gasteiger partial charge is 0.103 e. The maximum atomic E-state index is 9.37. The van der Waals surface area contributed by atoms with Gasteiger partial charge >= 0.3 is 0 Å². The summed E-state index contributed by atoms with van der Waals surface area (Å²) in [5.74, 6) is 0. The Labute approximate surface area is 115 Å². The van der Waals surface area contributed by atoms with Gasteiger partial charge in [-0.2, -0.15) is 5.26 Å². The fourth-order valence-electron chi connectivity index (χ4n) is 2.79. The molecule has 1 aromatic rings. The van der Waals surface area contributed by atoms with Crippen LogP contribution in [-0.4, -0.2) is 43.1 Å². The number of piperidine rings is 1. The van der Waals surface area contributed by atoms with Crippen molar-refractivity contribution in [3.63, 3.8) is 0 Å². The molecule has 1 atom stereocenters. The molecule has 102 valence electrons. The molecule has 0 spiro atoms. The molecular weight excluding hydrogens is 236 g/mol. The van der Waals surface area contributed by atoms with E-state index in [1.54, 1.807) is 0 Å². The lowest BCUT2D eigenvalue weighted by Gasteiger charge is -2.38. The van der Waals surface area contributed by atoms with Crippen LogP contribution in [0.3, 0.4) is 0 Å². The van der Waals surface area contributed by atoms with Gasteiger partial charge in [-0.3, -0.25) is 4.98 Å². The van der Waals surface area contributed by atoms with Crippen molar-refractivity contribution in [2.75, 3.05) is 32.1 Å². The first-order valence-electron chi connectivity index (χ1n) is 6.82. The first-order valence-corrected chi connectivity index (χ1v) is 6.82. The van der Waals surface area contributed by atoms with E-state index in [4.69, 9.17) is 0 Å². The molecule has 19 heavy (non-hydrogen) atoms. The molecule has 2 heterocycles. The number of likely N-dealkylation sites (N-methyl/N-ethyl adjacent to an activating group) is 1. The molecule has 1 fully saturated rings. The zero-order valence-electron chi connectivity index (χ0n) is 12.3. The van der Waals surface area contributed by atoms with E-state index < -0.39 is 0 Å². The molecule has 1 aromatic heterocycles. The summed E-state index contributed by atoms with van der Waals surface area (Å²) in [7, 11) is 4.25. The Morgan fingerprint density at radius 1 is 1.42 bits per heavy atom. The monoisotopic (exact) mass is 258 g/mol. The highest BCUT2D eigenvalue weighted by molar-refractivity contribution is 5.62. The molecule has 1 aliphatic rings. The number of hydrogen-bond donors (Lipinski definition) is 0. The molecule has 4 nitrogen and oxygen atoms in total.